The number of nitrogens with zero attached hydrogens (tertiary/aromatic N) is 1. The molecule has 5 nitrogen and oxygen atoms in total. The average molecular weight is 259 g/mol. The van der Waals surface area contributed by atoms with E-state index in [1.54, 1.807) is 6.20 Å². The number of carbonyl (C=O) groups is 1. The van der Waals surface area contributed by atoms with E-state index in [2.05, 4.69) is 15.6 Å². The molecule has 1 aromatic carbocycles. The highest BCUT2D eigenvalue weighted by Gasteiger charge is 2.04. The molecular formula is C14H17N3O2. The second-order valence-electron chi connectivity index (χ2n) is 4.09. The molecule has 2 N–H and O–H groups in total. The number of nitrogens with one attached hydrogen (secondary N) is 2. The first-order chi connectivity index (χ1) is 9.29. The van der Waals surface area contributed by atoms with Gasteiger partial charge >= 0.3 is 0 Å². The second kappa shape index (κ2) is 6.70. The molecule has 0 aliphatic rings. The van der Waals surface area contributed by atoms with E-state index in [9.17, 15) is 4.79 Å². The lowest BCUT2D eigenvalue weighted by Gasteiger charge is -2.06. The van der Waals surface area contributed by atoms with Crippen molar-refractivity contribution in [3.05, 3.63) is 36.9 Å². The minimum absolute atomic E-state index is 0.00775. The molecule has 0 radical (unpaired) electrons. The fourth-order valence-electron chi connectivity index (χ4n) is 1.68. The van der Waals surface area contributed by atoms with Crippen LogP contribution in [0.25, 0.3) is 11.3 Å². The van der Waals surface area contributed by atoms with Crippen LogP contribution in [0.2, 0.25) is 0 Å². The fourth-order valence-corrected chi connectivity index (χ4v) is 1.68. The molecule has 0 fully saturated rings. The molecule has 19 heavy (non-hydrogen) atoms. The Morgan fingerprint density at radius 1 is 1.32 bits per heavy atom. The highest BCUT2D eigenvalue weighted by molar-refractivity contribution is 5.91. The lowest BCUT2D eigenvalue weighted by atomic mass is 10.1. The number of oxazole rings is 1. The van der Waals surface area contributed by atoms with Crippen LogP contribution in [0.4, 0.5) is 5.69 Å². The first-order valence-electron chi connectivity index (χ1n) is 6.29. The van der Waals surface area contributed by atoms with E-state index in [-0.39, 0.29) is 5.91 Å². The molecule has 0 spiro atoms. The fraction of sp³-hybridized carbons (Fsp3) is 0.286. The zero-order chi connectivity index (χ0) is 13.5. The van der Waals surface area contributed by atoms with Gasteiger partial charge in [-0.1, -0.05) is 6.92 Å². The van der Waals surface area contributed by atoms with Gasteiger partial charge in [0.2, 0.25) is 5.91 Å². The third kappa shape index (κ3) is 3.93. The second-order valence-corrected chi connectivity index (χ2v) is 4.09. The molecule has 100 valence electrons. The smallest absolute Gasteiger partial charge is 0.225 e. The Kier molecular flexibility index (Phi) is 4.69. The number of carbonyl (C=O) groups excluding carboxylic acids is 1. The largest absolute Gasteiger partial charge is 0.444 e. The first-order valence-corrected chi connectivity index (χ1v) is 6.29. The predicted octanol–water partition coefficient (Wildman–Crippen LogP) is 2.28. The van der Waals surface area contributed by atoms with Crippen molar-refractivity contribution in [2.24, 2.45) is 0 Å². The van der Waals surface area contributed by atoms with Crippen molar-refractivity contribution in [1.29, 1.82) is 0 Å². The van der Waals surface area contributed by atoms with Crippen LogP contribution in [0.3, 0.4) is 0 Å². The van der Waals surface area contributed by atoms with Crippen LogP contribution in [-0.2, 0) is 4.79 Å². The van der Waals surface area contributed by atoms with Gasteiger partial charge in [0.1, 0.15) is 0 Å². The summed E-state index contributed by atoms with van der Waals surface area (Å²) in [5.41, 5.74) is 1.72. The first kappa shape index (κ1) is 13.3. The highest BCUT2D eigenvalue weighted by Crippen LogP contribution is 2.20. The molecule has 1 aromatic heterocycles. The van der Waals surface area contributed by atoms with Gasteiger partial charge in [-0.05, 0) is 30.8 Å². The molecule has 0 bridgehead atoms. The lowest BCUT2D eigenvalue weighted by molar-refractivity contribution is -0.116. The van der Waals surface area contributed by atoms with E-state index in [0.717, 1.165) is 17.8 Å². The molecule has 0 saturated carbocycles. The van der Waals surface area contributed by atoms with Crippen LogP contribution < -0.4 is 10.6 Å². The van der Waals surface area contributed by atoms with Gasteiger partial charge in [-0.3, -0.25) is 4.79 Å². The Bertz CT molecular complexity index is 506. The zero-order valence-electron chi connectivity index (χ0n) is 10.8. The van der Waals surface area contributed by atoms with Gasteiger partial charge in [-0.25, -0.2) is 4.98 Å². The zero-order valence-corrected chi connectivity index (χ0v) is 10.8. The van der Waals surface area contributed by atoms with Crippen molar-refractivity contribution < 1.29 is 9.21 Å². The number of hydrogen-bond acceptors (Lipinski definition) is 4. The molecular weight excluding hydrogens is 242 g/mol. The third-order valence-electron chi connectivity index (χ3n) is 2.66. The number of aromatic nitrogens is 1. The van der Waals surface area contributed by atoms with Gasteiger partial charge in [0.05, 0.1) is 6.20 Å². The van der Waals surface area contributed by atoms with Gasteiger partial charge in [-0.2, -0.15) is 0 Å². The average Bonchev–Trinajstić information content (AvgIpc) is 2.94. The molecule has 2 rings (SSSR count). The normalized spacial score (nSPS) is 10.4. The Labute approximate surface area is 112 Å². The van der Waals surface area contributed by atoms with E-state index >= 15 is 0 Å². The summed E-state index contributed by atoms with van der Waals surface area (Å²) in [6.07, 6.45) is 3.52. The summed E-state index contributed by atoms with van der Waals surface area (Å²) >= 11 is 0. The maximum absolute atomic E-state index is 11.6. The molecule has 0 unspecified atom stereocenters. The number of rotatable bonds is 6. The van der Waals surface area contributed by atoms with Crippen molar-refractivity contribution >= 4 is 11.6 Å². The van der Waals surface area contributed by atoms with Crippen molar-refractivity contribution in [2.45, 2.75) is 13.3 Å². The number of amides is 1. The van der Waals surface area contributed by atoms with Crippen molar-refractivity contribution in [1.82, 2.24) is 10.3 Å². The molecule has 0 aliphatic carbocycles. The molecule has 0 aliphatic heterocycles. The summed E-state index contributed by atoms with van der Waals surface area (Å²) in [5, 5.41) is 5.96. The van der Waals surface area contributed by atoms with Crippen LogP contribution in [0, 0.1) is 0 Å². The molecule has 1 heterocycles. The number of anilines is 1. The Morgan fingerprint density at radius 2 is 2.11 bits per heavy atom. The lowest BCUT2D eigenvalue weighted by Crippen LogP contribution is -2.21. The Balaban J connectivity index is 1.90. The van der Waals surface area contributed by atoms with Gasteiger partial charge in [-0.15, -0.1) is 0 Å². The quantitative estimate of drug-likeness (QED) is 0.781. The molecule has 0 atom stereocenters. The summed E-state index contributed by atoms with van der Waals surface area (Å²) in [7, 11) is 0. The topological polar surface area (TPSA) is 67.2 Å². The molecule has 5 heteroatoms. The van der Waals surface area contributed by atoms with Crippen LogP contribution in [0.5, 0.6) is 0 Å². The van der Waals surface area contributed by atoms with E-state index in [1.165, 1.54) is 6.39 Å². The highest BCUT2D eigenvalue weighted by atomic mass is 16.3. The van der Waals surface area contributed by atoms with E-state index in [4.69, 9.17) is 4.42 Å². The Hall–Kier alpha value is -2.14. The molecule has 0 saturated heterocycles. The summed E-state index contributed by atoms with van der Waals surface area (Å²) < 4.78 is 5.20. The minimum Gasteiger partial charge on any atom is -0.444 e. The molecule has 2 aromatic rings. The maximum atomic E-state index is 11.6. The van der Waals surface area contributed by atoms with Gasteiger partial charge in [0, 0.05) is 24.2 Å². The van der Waals surface area contributed by atoms with Gasteiger partial charge in [0.15, 0.2) is 12.2 Å². The monoisotopic (exact) mass is 259 g/mol. The van der Waals surface area contributed by atoms with Gasteiger partial charge < -0.3 is 15.1 Å². The van der Waals surface area contributed by atoms with Crippen LogP contribution in [0.1, 0.15) is 13.3 Å². The summed E-state index contributed by atoms with van der Waals surface area (Å²) in [6.45, 7) is 3.58. The van der Waals surface area contributed by atoms with Crippen molar-refractivity contribution in [3.63, 3.8) is 0 Å². The van der Waals surface area contributed by atoms with E-state index in [1.807, 2.05) is 31.2 Å². The third-order valence-corrected chi connectivity index (χ3v) is 2.66. The maximum Gasteiger partial charge on any atom is 0.225 e. The number of hydrogen-bond donors (Lipinski definition) is 2. The summed E-state index contributed by atoms with van der Waals surface area (Å²) in [6, 6.07) is 7.48. The predicted molar refractivity (Wildman–Crippen MR) is 73.7 cm³/mol. The minimum atomic E-state index is 0.00775. The summed E-state index contributed by atoms with van der Waals surface area (Å²) in [5.74, 6) is 0.721. The van der Waals surface area contributed by atoms with Crippen molar-refractivity contribution in [3.8, 4) is 11.3 Å². The standard InChI is InChI=1S/C14H17N3O2/c1-2-15-8-7-14(18)17-12-5-3-11(4-6-12)13-9-16-10-19-13/h3-6,9-10,15H,2,7-8H2,1H3,(H,17,18). The molecule has 1 amide bonds. The van der Waals surface area contributed by atoms with Crippen LogP contribution in [0.15, 0.2) is 41.3 Å². The summed E-state index contributed by atoms with van der Waals surface area (Å²) in [4.78, 5) is 15.5. The van der Waals surface area contributed by atoms with Gasteiger partial charge in [0.25, 0.3) is 0 Å². The van der Waals surface area contributed by atoms with E-state index < -0.39 is 0 Å². The van der Waals surface area contributed by atoms with E-state index in [0.29, 0.717) is 18.7 Å². The van der Waals surface area contributed by atoms with Crippen LogP contribution in [-0.4, -0.2) is 24.0 Å². The Morgan fingerprint density at radius 3 is 2.74 bits per heavy atom. The SMILES string of the molecule is CCNCCC(=O)Nc1ccc(-c2cnco2)cc1. The number of benzene rings is 1. The van der Waals surface area contributed by atoms with Crippen molar-refractivity contribution in [2.75, 3.05) is 18.4 Å². The van der Waals surface area contributed by atoms with Crippen LogP contribution >= 0.6 is 0 Å².